The van der Waals surface area contributed by atoms with Gasteiger partial charge in [0.2, 0.25) is 0 Å². The quantitative estimate of drug-likeness (QED) is 0.0201. The zero-order valence-corrected chi connectivity index (χ0v) is 80.9. The van der Waals surface area contributed by atoms with Gasteiger partial charge < -0.3 is 39.0 Å². The van der Waals surface area contributed by atoms with Gasteiger partial charge in [0, 0.05) is 173 Å². The normalized spacial score (nSPS) is 18.6. The molecule has 0 spiro atoms. The molecule has 6 aromatic carbocycles. The highest BCUT2D eigenvalue weighted by Crippen LogP contribution is 2.48. The summed E-state index contributed by atoms with van der Waals surface area (Å²) in [5.74, 6) is -3.38. The Morgan fingerprint density at radius 3 is 1.24 bits per heavy atom. The smallest absolute Gasteiger partial charge is 0.273 e. The summed E-state index contributed by atoms with van der Waals surface area (Å²) in [5.41, 5.74) is 9.15. The summed E-state index contributed by atoms with van der Waals surface area (Å²) in [6.07, 6.45) is 26.2. The van der Waals surface area contributed by atoms with E-state index in [9.17, 15) is 46.7 Å². The minimum absolute atomic E-state index is 0.0627. The average Bonchev–Trinajstić information content (AvgIpc) is 1.52. The molecule has 6 aliphatic rings. The molecule has 2 aliphatic carbocycles. The summed E-state index contributed by atoms with van der Waals surface area (Å²) in [6, 6.07) is 35.2. The number of pyridine rings is 2. The van der Waals surface area contributed by atoms with Crippen LogP contribution in [0, 0.1) is 54.5 Å². The second kappa shape index (κ2) is 40.2. The molecular weight excluding hydrogens is 1800 g/mol. The van der Waals surface area contributed by atoms with Crippen LogP contribution < -0.4 is 28.7 Å². The van der Waals surface area contributed by atoms with Gasteiger partial charge >= 0.3 is 0 Å². The number of carbonyl (C=O) groups is 2. The van der Waals surface area contributed by atoms with Crippen LogP contribution in [-0.4, -0.2) is 233 Å². The highest BCUT2D eigenvalue weighted by atomic mass is 35.5. The number of hydrogen-bond donors (Lipinski definition) is 4. The molecule has 132 heavy (non-hydrogen) atoms. The van der Waals surface area contributed by atoms with E-state index >= 15 is 8.78 Å². The first-order valence-electron chi connectivity index (χ1n) is 44.9. The lowest BCUT2D eigenvalue weighted by atomic mass is 9.72. The van der Waals surface area contributed by atoms with E-state index < -0.39 is 76.9 Å². The van der Waals surface area contributed by atoms with Crippen molar-refractivity contribution in [3.05, 3.63) is 245 Å². The number of fused-ring (bicyclic) bond motifs is 2. The maximum absolute atomic E-state index is 16.4. The van der Waals surface area contributed by atoms with E-state index in [1.54, 1.807) is 36.7 Å². The van der Waals surface area contributed by atoms with Crippen molar-refractivity contribution in [1.29, 1.82) is 0 Å². The number of nitro benzene ring substituents is 2. The molecule has 16 rings (SSSR count). The molecule has 4 saturated heterocycles. The first-order chi connectivity index (χ1) is 62.6. The number of nitro groups is 2. The van der Waals surface area contributed by atoms with E-state index in [-0.39, 0.29) is 79.5 Å². The predicted octanol–water partition coefficient (Wildman–Crippen LogP) is 19.1. The third kappa shape index (κ3) is 24.0. The molecule has 1 unspecified atom stereocenters. The van der Waals surface area contributed by atoms with Crippen LogP contribution in [0.2, 0.25) is 10.0 Å². The van der Waals surface area contributed by atoms with Crippen LogP contribution in [0.15, 0.2) is 179 Å². The molecule has 4 N–H and O–H groups in total. The van der Waals surface area contributed by atoms with Gasteiger partial charge in [0.25, 0.3) is 43.2 Å². The van der Waals surface area contributed by atoms with Crippen LogP contribution in [0.25, 0.3) is 33.2 Å². The molecule has 700 valence electrons. The number of H-pyrrole nitrogens is 2. The lowest BCUT2D eigenvalue weighted by Crippen LogP contribution is -2.47. The number of sulfonamides is 2. The minimum atomic E-state index is -4.68. The van der Waals surface area contributed by atoms with Crippen molar-refractivity contribution in [2.24, 2.45) is 22.7 Å². The van der Waals surface area contributed by atoms with Crippen molar-refractivity contribution in [3.63, 3.8) is 0 Å². The number of ether oxygens (including phenoxy) is 2. The number of aromatic amines is 2. The highest BCUT2D eigenvalue weighted by molar-refractivity contribution is 7.90. The molecule has 0 radical (unpaired) electrons. The van der Waals surface area contributed by atoms with E-state index in [0.717, 1.165) is 151 Å². The lowest BCUT2D eigenvalue weighted by Gasteiger charge is -2.39. The molecule has 26 nitrogen and oxygen atoms in total. The first kappa shape index (κ1) is 96.5. The van der Waals surface area contributed by atoms with Gasteiger partial charge in [0.1, 0.15) is 45.9 Å². The first-order valence-corrected chi connectivity index (χ1v) is 54.2. The van der Waals surface area contributed by atoms with Gasteiger partial charge in [-0.15, -0.1) is 26.4 Å². The summed E-state index contributed by atoms with van der Waals surface area (Å²) in [6.45, 7) is 27.0. The number of rotatable bonds is 28. The van der Waals surface area contributed by atoms with Crippen LogP contribution in [0.1, 0.15) is 123 Å². The molecule has 4 aromatic heterocycles. The summed E-state index contributed by atoms with van der Waals surface area (Å²) in [7, 11) is -9.36. The summed E-state index contributed by atoms with van der Waals surface area (Å²) < 4.78 is 105. The predicted molar refractivity (Wildman–Crippen MR) is 528 cm³/mol. The summed E-state index contributed by atoms with van der Waals surface area (Å²) >= 11 is 12.5. The zero-order valence-electron chi connectivity index (χ0n) is 76.0. The topological polar surface area (TPSA) is 308 Å². The molecule has 2 atom stereocenters. The number of allylic oxidation sites excluding steroid dienone is 2. The molecule has 0 bridgehead atoms. The monoisotopic (exact) mass is 1910 g/mol. The summed E-state index contributed by atoms with van der Waals surface area (Å²) in [5, 5.41) is 27.5. The molecular formula is C98H116Cl2F2N14O12P2S2. The standard InChI is InChI=1S/2C49H58ClFN7O6PS/c2*1-33(31-56-20-22-65(4,5)23-21-56)24-35-8-11-40(26-44(35)58(60)61)66(62,63)54-48(59)41-27-43(51)45(28-46(41)64-39-25-36-13-15-52-47(36)53-30-39)57-18-16-55(17-19-57)32-37-12-14-49(2,3)29-42(37)34-6-9-38(50)10-7-34/h2*6-11,13,15,25-28,30,33H,4,12,14,16-24,29,31-32H2,1-3,5H3,(H,52,53)(H,54,59)/t33-;/m1./s1. The lowest BCUT2D eigenvalue weighted by molar-refractivity contribution is -0.386. The van der Waals surface area contributed by atoms with E-state index in [0.29, 0.717) is 97.7 Å². The van der Waals surface area contributed by atoms with Crippen LogP contribution in [0.5, 0.6) is 23.0 Å². The Hall–Kier alpha value is -10.1. The van der Waals surface area contributed by atoms with Gasteiger partial charge in [0.15, 0.2) is 0 Å². The average molecular weight is 1920 g/mol. The Labute approximate surface area is 781 Å². The number of benzene rings is 6. The molecule has 4 aliphatic heterocycles. The van der Waals surface area contributed by atoms with Gasteiger partial charge in [-0.2, -0.15) is 0 Å². The Kier molecular flexibility index (Phi) is 29.4. The fourth-order valence-electron chi connectivity index (χ4n) is 18.7. The minimum Gasteiger partial charge on any atom is -0.455 e. The van der Waals surface area contributed by atoms with Crippen molar-refractivity contribution in [2.75, 3.05) is 152 Å². The molecule has 8 heterocycles. The number of halogens is 4. The molecule has 10 aromatic rings. The Morgan fingerprint density at radius 1 is 0.523 bits per heavy atom. The molecule has 0 saturated carbocycles. The zero-order chi connectivity index (χ0) is 93.9. The van der Waals surface area contributed by atoms with Crippen molar-refractivity contribution in [1.82, 2.24) is 49.0 Å². The highest BCUT2D eigenvalue weighted by Gasteiger charge is 2.37. The number of carbonyl (C=O) groups excluding carboxylic acids is 2. The van der Waals surface area contributed by atoms with Crippen molar-refractivity contribution in [3.8, 4) is 23.0 Å². The molecule has 34 heteroatoms. The second-order valence-electron chi connectivity index (χ2n) is 38.7. The number of aromatic nitrogens is 4. The number of amides is 2. The second-order valence-corrected chi connectivity index (χ2v) is 51.2. The third-order valence-corrected chi connectivity index (χ3v) is 34.8. The van der Waals surface area contributed by atoms with E-state index in [2.05, 4.69) is 117 Å². The summed E-state index contributed by atoms with van der Waals surface area (Å²) in [4.78, 5) is 78.5. The fourth-order valence-corrected chi connectivity index (χ4v) is 24.5. The largest absolute Gasteiger partial charge is 0.455 e. The third-order valence-electron chi connectivity index (χ3n) is 26.5. The van der Waals surface area contributed by atoms with Crippen molar-refractivity contribution >= 4 is 137 Å². The maximum atomic E-state index is 16.4. The van der Waals surface area contributed by atoms with Gasteiger partial charge in [0.05, 0.1) is 54.5 Å². The number of nitrogens with zero attached hydrogens (tertiary/aromatic N) is 10. The van der Waals surface area contributed by atoms with Crippen LogP contribution in [-0.2, 0) is 32.9 Å². The number of anilines is 2. The van der Waals surface area contributed by atoms with Crippen molar-refractivity contribution < 1.29 is 54.5 Å². The molecule has 2 amide bonds. The van der Waals surface area contributed by atoms with Crippen LogP contribution in [0.3, 0.4) is 0 Å². The van der Waals surface area contributed by atoms with Crippen LogP contribution >= 0.6 is 37.0 Å². The Morgan fingerprint density at radius 2 is 0.886 bits per heavy atom. The van der Waals surface area contributed by atoms with E-state index in [4.69, 9.17) is 32.7 Å². The number of nitrogens with one attached hydrogen (secondary N) is 4. The van der Waals surface area contributed by atoms with E-state index in [1.165, 1.54) is 82.2 Å². The number of hydrogen-bond acceptors (Lipinski definition) is 20. The Bertz CT molecular complexity index is 6050. The van der Waals surface area contributed by atoms with Gasteiger partial charge in [-0.05, 0) is 207 Å². The van der Waals surface area contributed by atoms with E-state index in [1.807, 2.05) is 57.4 Å². The van der Waals surface area contributed by atoms with Gasteiger partial charge in [-0.1, -0.05) is 112 Å². The fraction of sp³-hybridized carbons (Fsp3) is 0.408. The van der Waals surface area contributed by atoms with Gasteiger partial charge in [-0.25, -0.2) is 45.0 Å². The Balaban J connectivity index is 0.000000202. The van der Waals surface area contributed by atoms with Crippen molar-refractivity contribution in [2.45, 2.75) is 103 Å². The van der Waals surface area contributed by atoms with Gasteiger partial charge in [-0.3, -0.25) is 39.6 Å². The molecule has 4 fully saturated rings. The number of piperazine rings is 2. The SMILES string of the molecule is C=P1(C)CCN(CC(C)Cc2ccc(S(=O)(=O)NC(=O)c3cc(F)c(N4CCN(CC5=C(c6ccc(Cl)cc6)CC(C)(C)CC5)CC4)cc3Oc3cnc4[nH]ccc4c3)cc2[N+](=O)[O-])CC1.C=P1(C)CCN(C[C@H](C)Cc2ccc(S(=O)(=O)NC(=O)c3cc(F)c(N4CCN(CC5=C(c6ccc(Cl)cc6)CC(C)(C)CC5)CC4)cc3Oc3cnc4[nH]ccc4c3)cc2[N+](=O)[O-])CC1. The van der Waals surface area contributed by atoms with Crippen LogP contribution in [0.4, 0.5) is 31.5 Å². The maximum Gasteiger partial charge on any atom is 0.273 e.